The average Bonchev–Trinajstić information content (AvgIpc) is 2.69. The molecule has 0 atom stereocenters. The molecule has 0 aliphatic carbocycles. The summed E-state index contributed by atoms with van der Waals surface area (Å²) >= 11 is 0. The third kappa shape index (κ3) is 5.01. The van der Waals surface area contributed by atoms with Gasteiger partial charge in [0.05, 0.1) is 5.69 Å². The number of aryl methyl sites for hydroxylation is 4. The lowest BCUT2D eigenvalue weighted by molar-refractivity contribution is 0.392. The molecular formula is C16H23IN4O. The Morgan fingerprint density at radius 2 is 1.82 bits per heavy atom. The number of halogens is 1. The summed E-state index contributed by atoms with van der Waals surface area (Å²) in [5, 5.41) is 7.05. The minimum atomic E-state index is 0. The summed E-state index contributed by atoms with van der Waals surface area (Å²) in [6.45, 7) is 8.57. The van der Waals surface area contributed by atoms with E-state index in [0.29, 0.717) is 12.5 Å². The van der Waals surface area contributed by atoms with Crippen molar-refractivity contribution in [3.8, 4) is 0 Å². The van der Waals surface area contributed by atoms with Crippen molar-refractivity contribution in [2.75, 3.05) is 11.9 Å². The first kappa shape index (κ1) is 18.5. The van der Waals surface area contributed by atoms with Crippen LogP contribution in [0.25, 0.3) is 0 Å². The number of anilines is 1. The van der Waals surface area contributed by atoms with Gasteiger partial charge in [-0.1, -0.05) is 11.2 Å². The smallest absolute Gasteiger partial charge is 0.193 e. The van der Waals surface area contributed by atoms with E-state index in [0.717, 1.165) is 29.1 Å². The Morgan fingerprint density at radius 1 is 1.18 bits per heavy atom. The number of nitrogens with one attached hydrogen (secondary N) is 1. The van der Waals surface area contributed by atoms with Gasteiger partial charge in [-0.3, -0.25) is 4.99 Å². The Morgan fingerprint density at radius 3 is 2.36 bits per heavy atom. The number of hydrogen-bond donors (Lipinski definition) is 2. The lowest BCUT2D eigenvalue weighted by atomic mass is 10.1. The molecule has 2 rings (SSSR count). The second-order valence-corrected chi connectivity index (χ2v) is 5.32. The van der Waals surface area contributed by atoms with E-state index in [-0.39, 0.29) is 24.0 Å². The number of aromatic nitrogens is 1. The Balaban J connectivity index is 0.00000242. The van der Waals surface area contributed by atoms with E-state index in [1.54, 1.807) is 0 Å². The first-order valence-corrected chi connectivity index (χ1v) is 7.02. The molecule has 0 bridgehead atoms. The molecule has 1 aromatic heterocycles. The quantitative estimate of drug-likeness (QED) is 0.456. The van der Waals surface area contributed by atoms with E-state index < -0.39 is 0 Å². The highest BCUT2D eigenvalue weighted by atomic mass is 127. The van der Waals surface area contributed by atoms with Crippen molar-refractivity contribution in [3.05, 3.63) is 46.3 Å². The summed E-state index contributed by atoms with van der Waals surface area (Å²) in [7, 11) is 0. The lowest BCUT2D eigenvalue weighted by Gasteiger charge is -2.08. The molecule has 120 valence electrons. The molecule has 0 aliphatic heterocycles. The maximum atomic E-state index is 5.92. The van der Waals surface area contributed by atoms with Gasteiger partial charge in [0.25, 0.3) is 0 Å². The average molecular weight is 414 g/mol. The molecule has 0 amide bonds. The van der Waals surface area contributed by atoms with Crippen molar-refractivity contribution in [2.45, 2.75) is 34.1 Å². The molecule has 22 heavy (non-hydrogen) atoms. The molecular weight excluding hydrogens is 391 g/mol. The molecule has 0 spiro atoms. The van der Waals surface area contributed by atoms with Gasteiger partial charge in [-0.2, -0.15) is 0 Å². The van der Waals surface area contributed by atoms with Crippen LogP contribution in [0.15, 0.2) is 27.7 Å². The molecule has 2 aromatic rings. The van der Waals surface area contributed by atoms with E-state index in [1.165, 1.54) is 11.1 Å². The van der Waals surface area contributed by atoms with Crippen molar-refractivity contribution in [1.82, 2.24) is 5.16 Å². The number of aliphatic imine (C=N–C) groups is 1. The molecule has 1 aromatic carbocycles. The van der Waals surface area contributed by atoms with E-state index >= 15 is 0 Å². The molecule has 0 saturated carbocycles. The third-order valence-corrected chi connectivity index (χ3v) is 3.32. The van der Waals surface area contributed by atoms with Gasteiger partial charge in [-0.15, -0.1) is 24.0 Å². The summed E-state index contributed by atoms with van der Waals surface area (Å²) in [6, 6.07) is 6.21. The van der Waals surface area contributed by atoms with Crippen LogP contribution >= 0.6 is 24.0 Å². The topological polar surface area (TPSA) is 76.4 Å². The number of guanidine groups is 1. The minimum Gasteiger partial charge on any atom is -0.370 e. The van der Waals surface area contributed by atoms with Crippen LogP contribution in [0.5, 0.6) is 0 Å². The van der Waals surface area contributed by atoms with Gasteiger partial charge in [0.15, 0.2) is 5.96 Å². The van der Waals surface area contributed by atoms with Crippen LogP contribution in [0.4, 0.5) is 5.69 Å². The fraction of sp³-hybridized carbons (Fsp3) is 0.375. The highest BCUT2D eigenvalue weighted by molar-refractivity contribution is 14.0. The van der Waals surface area contributed by atoms with E-state index in [9.17, 15) is 0 Å². The van der Waals surface area contributed by atoms with Crippen LogP contribution in [-0.4, -0.2) is 17.7 Å². The molecule has 0 saturated heterocycles. The zero-order valence-corrected chi connectivity index (χ0v) is 15.8. The maximum Gasteiger partial charge on any atom is 0.193 e. The van der Waals surface area contributed by atoms with Gasteiger partial charge in [0.1, 0.15) is 5.76 Å². The largest absolute Gasteiger partial charge is 0.370 e. The van der Waals surface area contributed by atoms with Gasteiger partial charge in [0.2, 0.25) is 0 Å². The normalized spacial score (nSPS) is 11.2. The second-order valence-electron chi connectivity index (χ2n) is 5.32. The number of rotatable bonds is 4. The van der Waals surface area contributed by atoms with Crippen LogP contribution in [0, 0.1) is 27.7 Å². The standard InChI is InChI=1S/C16H22N4O.HI/c1-10-7-11(2)9-14(8-10)19-16(17)18-6-5-15-12(3)20-21-13(15)4;/h7-9H,5-6H2,1-4H3,(H3,17,18,19);1H. The molecule has 3 N–H and O–H groups in total. The zero-order chi connectivity index (χ0) is 15.4. The van der Waals surface area contributed by atoms with E-state index in [1.807, 2.05) is 26.0 Å². The van der Waals surface area contributed by atoms with Gasteiger partial charge in [-0.25, -0.2) is 0 Å². The van der Waals surface area contributed by atoms with E-state index in [4.69, 9.17) is 10.3 Å². The summed E-state index contributed by atoms with van der Waals surface area (Å²) < 4.78 is 5.13. The highest BCUT2D eigenvalue weighted by Gasteiger charge is 2.07. The van der Waals surface area contributed by atoms with Crippen molar-refractivity contribution in [1.29, 1.82) is 0 Å². The first-order chi connectivity index (χ1) is 9.95. The Labute approximate surface area is 148 Å². The van der Waals surface area contributed by atoms with Gasteiger partial charge < -0.3 is 15.6 Å². The molecule has 0 unspecified atom stereocenters. The predicted octanol–water partition coefficient (Wildman–Crippen LogP) is 3.50. The number of nitrogens with zero attached hydrogens (tertiary/aromatic N) is 2. The fourth-order valence-electron chi connectivity index (χ4n) is 2.38. The molecule has 0 aliphatic rings. The minimum absolute atomic E-state index is 0. The summed E-state index contributed by atoms with van der Waals surface area (Å²) in [4.78, 5) is 4.35. The molecule has 0 radical (unpaired) electrons. The van der Waals surface area contributed by atoms with Crippen molar-refractivity contribution < 1.29 is 4.52 Å². The number of nitrogens with two attached hydrogens (primary N) is 1. The molecule has 6 heteroatoms. The van der Waals surface area contributed by atoms with Gasteiger partial charge in [-0.05, 0) is 57.4 Å². The lowest BCUT2D eigenvalue weighted by Crippen LogP contribution is -2.23. The van der Waals surface area contributed by atoms with E-state index in [2.05, 4.69) is 35.4 Å². The van der Waals surface area contributed by atoms with Crippen molar-refractivity contribution in [3.63, 3.8) is 0 Å². The third-order valence-electron chi connectivity index (χ3n) is 3.32. The van der Waals surface area contributed by atoms with Gasteiger partial charge in [0, 0.05) is 17.8 Å². The molecule has 0 fully saturated rings. The highest BCUT2D eigenvalue weighted by Crippen LogP contribution is 2.14. The van der Waals surface area contributed by atoms with Crippen LogP contribution in [0.2, 0.25) is 0 Å². The Kier molecular flexibility index (Phi) is 6.86. The second kappa shape index (κ2) is 8.17. The molecule has 1 heterocycles. The van der Waals surface area contributed by atoms with Gasteiger partial charge >= 0.3 is 0 Å². The molecule has 5 nitrogen and oxygen atoms in total. The van der Waals surface area contributed by atoms with Crippen LogP contribution in [0.3, 0.4) is 0 Å². The van der Waals surface area contributed by atoms with Crippen LogP contribution in [-0.2, 0) is 6.42 Å². The maximum absolute atomic E-state index is 5.92. The van der Waals surface area contributed by atoms with Crippen molar-refractivity contribution >= 4 is 35.6 Å². The van der Waals surface area contributed by atoms with Crippen molar-refractivity contribution in [2.24, 2.45) is 10.7 Å². The summed E-state index contributed by atoms with van der Waals surface area (Å²) in [5.74, 6) is 1.27. The first-order valence-electron chi connectivity index (χ1n) is 7.02. The summed E-state index contributed by atoms with van der Waals surface area (Å²) in [5.41, 5.74) is 11.3. The number of benzene rings is 1. The monoisotopic (exact) mass is 414 g/mol. The van der Waals surface area contributed by atoms with Crippen LogP contribution in [0.1, 0.15) is 28.1 Å². The van der Waals surface area contributed by atoms with Crippen LogP contribution < -0.4 is 11.1 Å². The fourth-order valence-corrected chi connectivity index (χ4v) is 2.38. The SMILES string of the molecule is Cc1cc(C)cc(NC(N)=NCCc2c(C)noc2C)c1.I. The number of hydrogen-bond acceptors (Lipinski definition) is 3. The summed E-state index contributed by atoms with van der Waals surface area (Å²) in [6.07, 6.45) is 0.774. The Hall–Kier alpha value is -1.57. The Bertz CT molecular complexity index is 624. The predicted molar refractivity (Wildman–Crippen MR) is 101 cm³/mol. The zero-order valence-electron chi connectivity index (χ0n) is 13.4.